The van der Waals surface area contributed by atoms with E-state index < -0.39 is 21.9 Å². The van der Waals surface area contributed by atoms with Gasteiger partial charge in [0.2, 0.25) is 0 Å². The van der Waals surface area contributed by atoms with E-state index in [0.29, 0.717) is 19.4 Å². The van der Waals surface area contributed by atoms with Gasteiger partial charge in [0.25, 0.3) is 0 Å². The molecule has 0 aliphatic heterocycles. The summed E-state index contributed by atoms with van der Waals surface area (Å²) in [4.78, 5) is 33.5. The number of hydrogen-bond donors (Lipinski definition) is 0. The molecule has 0 atom stereocenters. The molecular formula is C10H15N3O4. The average molecular weight is 241 g/mol. The number of aromatic nitrogens is 2. The van der Waals surface area contributed by atoms with Crippen LogP contribution in [-0.4, -0.2) is 14.1 Å². The molecule has 17 heavy (non-hydrogen) atoms. The molecular weight excluding hydrogens is 226 g/mol. The van der Waals surface area contributed by atoms with Crippen molar-refractivity contribution < 1.29 is 4.92 Å². The summed E-state index contributed by atoms with van der Waals surface area (Å²) in [5.74, 6) is 0. The minimum absolute atomic E-state index is 0.197. The normalized spacial score (nSPS) is 10.5. The number of rotatable bonds is 5. The molecule has 0 aliphatic rings. The second-order valence-corrected chi connectivity index (χ2v) is 3.70. The predicted molar refractivity (Wildman–Crippen MR) is 62.2 cm³/mol. The third kappa shape index (κ3) is 2.61. The summed E-state index contributed by atoms with van der Waals surface area (Å²) in [5.41, 5.74) is -1.86. The zero-order valence-corrected chi connectivity index (χ0v) is 9.88. The fourth-order valence-corrected chi connectivity index (χ4v) is 1.59. The van der Waals surface area contributed by atoms with Gasteiger partial charge in [-0.2, -0.15) is 0 Å². The van der Waals surface area contributed by atoms with Crippen LogP contribution in [0.2, 0.25) is 0 Å². The lowest BCUT2D eigenvalue weighted by Crippen LogP contribution is -2.40. The Bertz CT molecular complexity index is 529. The first-order valence-electron chi connectivity index (χ1n) is 5.51. The van der Waals surface area contributed by atoms with Gasteiger partial charge in [0, 0.05) is 13.1 Å². The fourth-order valence-electron chi connectivity index (χ4n) is 1.59. The molecule has 1 aromatic heterocycles. The Morgan fingerprint density at radius 3 is 2.29 bits per heavy atom. The van der Waals surface area contributed by atoms with Gasteiger partial charge in [0.15, 0.2) is 0 Å². The Labute approximate surface area is 97.5 Å². The third-order valence-corrected chi connectivity index (χ3v) is 2.33. The highest BCUT2D eigenvalue weighted by Gasteiger charge is 2.18. The smallest absolute Gasteiger partial charge is 0.293 e. The van der Waals surface area contributed by atoms with Crippen LogP contribution in [0.1, 0.15) is 26.7 Å². The second-order valence-electron chi connectivity index (χ2n) is 3.70. The molecule has 0 amide bonds. The lowest BCUT2D eigenvalue weighted by molar-refractivity contribution is -0.387. The lowest BCUT2D eigenvalue weighted by atomic mass is 10.4. The van der Waals surface area contributed by atoms with E-state index in [9.17, 15) is 19.7 Å². The summed E-state index contributed by atoms with van der Waals surface area (Å²) in [6.07, 6.45) is 2.27. The molecule has 0 aliphatic carbocycles. The van der Waals surface area contributed by atoms with Crippen LogP contribution in [0, 0.1) is 10.1 Å². The third-order valence-electron chi connectivity index (χ3n) is 2.33. The standard InChI is InChI=1S/C10H15N3O4/c1-3-5-11-7-8(13(16)17)9(14)12(6-4-2)10(11)15/h7H,3-6H2,1-2H3. The van der Waals surface area contributed by atoms with E-state index in [1.807, 2.05) is 6.92 Å². The van der Waals surface area contributed by atoms with E-state index in [1.54, 1.807) is 6.92 Å². The molecule has 7 nitrogen and oxygen atoms in total. The molecule has 0 N–H and O–H groups in total. The van der Waals surface area contributed by atoms with Crippen LogP contribution in [0.5, 0.6) is 0 Å². The summed E-state index contributed by atoms with van der Waals surface area (Å²) in [6, 6.07) is 0. The van der Waals surface area contributed by atoms with Crippen molar-refractivity contribution in [2.75, 3.05) is 0 Å². The van der Waals surface area contributed by atoms with Crippen LogP contribution in [-0.2, 0) is 13.1 Å². The molecule has 0 radical (unpaired) electrons. The van der Waals surface area contributed by atoms with Gasteiger partial charge < -0.3 is 0 Å². The van der Waals surface area contributed by atoms with Gasteiger partial charge in [-0.1, -0.05) is 13.8 Å². The minimum Gasteiger partial charge on any atom is -0.293 e. The monoisotopic (exact) mass is 241 g/mol. The van der Waals surface area contributed by atoms with Crippen molar-refractivity contribution in [2.24, 2.45) is 0 Å². The number of hydrogen-bond acceptors (Lipinski definition) is 4. The Kier molecular flexibility index (Phi) is 4.19. The van der Waals surface area contributed by atoms with Crippen LogP contribution >= 0.6 is 0 Å². The lowest BCUT2D eigenvalue weighted by Gasteiger charge is -2.08. The summed E-state index contributed by atoms with van der Waals surface area (Å²) in [5, 5.41) is 10.7. The van der Waals surface area contributed by atoms with Crippen molar-refractivity contribution in [1.82, 2.24) is 9.13 Å². The molecule has 0 spiro atoms. The van der Waals surface area contributed by atoms with Gasteiger partial charge in [-0.05, 0) is 12.8 Å². The largest absolute Gasteiger partial charge is 0.350 e. The SMILES string of the molecule is CCCn1cc([N+](=O)[O-])c(=O)n(CCC)c1=O. The van der Waals surface area contributed by atoms with Crippen molar-refractivity contribution >= 4 is 5.69 Å². The number of aryl methyl sites for hydroxylation is 1. The van der Waals surface area contributed by atoms with Gasteiger partial charge in [0.1, 0.15) is 0 Å². The first-order chi connectivity index (χ1) is 8.02. The highest BCUT2D eigenvalue weighted by molar-refractivity contribution is 5.21. The Morgan fingerprint density at radius 1 is 1.24 bits per heavy atom. The van der Waals surface area contributed by atoms with Crippen LogP contribution in [0.25, 0.3) is 0 Å². The first kappa shape index (κ1) is 13.1. The van der Waals surface area contributed by atoms with Gasteiger partial charge in [-0.25, -0.2) is 4.79 Å². The molecule has 7 heteroatoms. The summed E-state index contributed by atoms with van der Waals surface area (Å²) in [7, 11) is 0. The van der Waals surface area contributed by atoms with E-state index in [-0.39, 0.29) is 6.54 Å². The number of nitro groups is 1. The number of nitrogens with zero attached hydrogens (tertiary/aromatic N) is 3. The summed E-state index contributed by atoms with van der Waals surface area (Å²) in [6.45, 7) is 4.22. The van der Waals surface area contributed by atoms with Crippen molar-refractivity contribution in [3.8, 4) is 0 Å². The molecule has 94 valence electrons. The first-order valence-corrected chi connectivity index (χ1v) is 5.51. The van der Waals surface area contributed by atoms with E-state index in [2.05, 4.69) is 0 Å². The van der Waals surface area contributed by atoms with E-state index in [0.717, 1.165) is 10.8 Å². The van der Waals surface area contributed by atoms with Crippen molar-refractivity contribution in [2.45, 2.75) is 39.8 Å². The maximum absolute atomic E-state index is 11.8. The molecule has 0 saturated heterocycles. The maximum Gasteiger partial charge on any atom is 0.350 e. The van der Waals surface area contributed by atoms with Gasteiger partial charge in [-0.15, -0.1) is 0 Å². The Morgan fingerprint density at radius 2 is 1.82 bits per heavy atom. The van der Waals surface area contributed by atoms with Crippen LogP contribution in [0.4, 0.5) is 5.69 Å². The van der Waals surface area contributed by atoms with Crippen LogP contribution < -0.4 is 11.2 Å². The van der Waals surface area contributed by atoms with Crippen LogP contribution in [0.3, 0.4) is 0 Å². The Hall–Kier alpha value is -1.92. The van der Waals surface area contributed by atoms with Crippen molar-refractivity contribution in [1.29, 1.82) is 0 Å². The predicted octanol–water partition coefficient (Wildman–Crippen LogP) is 0.738. The van der Waals surface area contributed by atoms with Crippen LogP contribution in [0.15, 0.2) is 15.8 Å². The molecule has 0 fully saturated rings. The topological polar surface area (TPSA) is 87.1 Å². The Balaban J connectivity index is 3.52. The quantitative estimate of drug-likeness (QED) is 0.561. The van der Waals surface area contributed by atoms with Crippen molar-refractivity contribution in [3.05, 3.63) is 37.1 Å². The highest BCUT2D eigenvalue weighted by Crippen LogP contribution is 2.01. The van der Waals surface area contributed by atoms with E-state index in [4.69, 9.17) is 0 Å². The molecule has 0 saturated carbocycles. The average Bonchev–Trinajstić information content (AvgIpc) is 2.27. The zero-order valence-electron chi connectivity index (χ0n) is 9.88. The zero-order chi connectivity index (χ0) is 13.0. The van der Waals surface area contributed by atoms with E-state index >= 15 is 0 Å². The fraction of sp³-hybridized carbons (Fsp3) is 0.600. The molecule has 1 heterocycles. The van der Waals surface area contributed by atoms with Crippen molar-refractivity contribution in [3.63, 3.8) is 0 Å². The van der Waals surface area contributed by atoms with E-state index in [1.165, 1.54) is 4.57 Å². The van der Waals surface area contributed by atoms with Gasteiger partial charge >= 0.3 is 16.9 Å². The highest BCUT2D eigenvalue weighted by atomic mass is 16.6. The minimum atomic E-state index is -0.825. The molecule has 1 rings (SSSR count). The summed E-state index contributed by atoms with van der Waals surface area (Å²) >= 11 is 0. The second kappa shape index (κ2) is 5.42. The maximum atomic E-state index is 11.8. The molecule has 0 aromatic carbocycles. The molecule has 1 aromatic rings. The van der Waals surface area contributed by atoms with Gasteiger partial charge in [-0.3, -0.25) is 24.0 Å². The molecule has 0 bridgehead atoms. The summed E-state index contributed by atoms with van der Waals surface area (Å²) < 4.78 is 2.14. The van der Waals surface area contributed by atoms with Gasteiger partial charge in [0.05, 0.1) is 11.1 Å². The molecule has 0 unspecified atom stereocenters.